The van der Waals surface area contributed by atoms with Crippen molar-refractivity contribution in [1.29, 1.82) is 0 Å². The van der Waals surface area contributed by atoms with Crippen molar-refractivity contribution in [1.82, 2.24) is 0 Å². The van der Waals surface area contributed by atoms with Crippen molar-refractivity contribution in [3.05, 3.63) is 35.6 Å². The Morgan fingerprint density at radius 3 is 2.42 bits per heavy atom. The summed E-state index contributed by atoms with van der Waals surface area (Å²) in [6.07, 6.45) is 0. The third-order valence-corrected chi connectivity index (χ3v) is 6.46. The summed E-state index contributed by atoms with van der Waals surface area (Å²) in [6, 6.07) is 6.02. The molecule has 1 aliphatic carbocycles. The highest BCUT2D eigenvalue weighted by atomic mass is 32.2. The Kier molecular flexibility index (Phi) is 3.68. The second-order valence-electron chi connectivity index (χ2n) is 5.05. The van der Waals surface area contributed by atoms with E-state index >= 15 is 0 Å². The molecule has 4 nitrogen and oxygen atoms in total. The fraction of sp³-hybridized carbons (Fsp3) is 0.538. The maximum atomic E-state index is 13.3. The summed E-state index contributed by atoms with van der Waals surface area (Å²) < 4.78 is 37.6. The van der Waals surface area contributed by atoms with Gasteiger partial charge >= 0.3 is 0 Å². The third-order valence-electron chi connectivity index (χ3n) is 4.14. The summed E-state index contributed by atoms with van der Waals surface area (Å²) in [7, 11) is -3.25. The van der Waals surface area contributed by atoms with Crippen molar-refractivity contribution >= 4 is 9.84 Å². The van der Waals surface area contributed by atoms with E-state index in [0.717, 1.165) is 0 Å². The third kappa shape index (κ3) is 2.17. The molecular formula is C13H19FN2O2S. The van der Waals surface area contributed by atoms with Gasteiger partial charge in [-0.15, -0.1) is 0 Å². The van der Waals surface area contributed by atoms with Gasteiger partial charge in [0.05, 0.1) is 5.25 Å². The molecule has 2 atom stereocenters. The normalized spacial score (nSPS) is 25.3. The molecule has 0 aromatic heterocycles. The van der Waals surface area contributed by atoms with Gasteiger partial charge in [0.2, 0.25) is 0 Å². The molecule has 4 N–H and O–H groups in total. The first-order valence-corrected chi connectivity index (χ1v) is 8.01. The van der Waals surface area contributed by atoms with E-state index in [2.05, 4.69) is 0 Å². The van der Waals surface area contributed by atoms with E-state index in [9.17, 15) is 12.8 Å². The molecule has 0 aliphatic heterocycles. The van der Waals surface area contributed by atoms with Crippen LogP contribution in [0.5, 0.6) is 0 Å². The summed E-state index contributed by atoms with van der Waals surface area (Å²) in [5.41, 5.74) is 11.5. The van der Waals surface area contributed by atoms with Gasteiger partial charge in [0.15, 0.2) is 9.84 Å². The van der Waals surface area contributed by atoms with Crippen LogP contribution in [0.15, 0.2) is 24.3 Å². The molecule has 1 fully saturated rings. The van der Waals surface area contributed by atoms with Crippen LogP contribution < -0.4 is 11.5 Å². The topological polar surface area (TPSA) is 86.2 Å². The van der Waals surface area contributed by atoms with Crippen LogP contribution in [-0.4, -0.2) is 32.5 Å². The fourth-order valence-corrected chi connectivity index (χ4v) is 5.15. The van der Waals surface area contributed by atoms with Crippen molar-refractivity contribution in [2.75, 3.05) is 18.8 Å². The maximum Gasteiger partial charge on any atom is 0.154 e. The number of halogens is 1. The molecule has 1 aromatic carbocycles. The lowest BCUT2D eigenvalue weighted by Gasteiger charge is -2.12. The van der Waals surface area contributed by atoms with Crippen LogP contribution in [0.1, 0.15) is 18.4 Å². The second-order valence-corrected chi connectivity index (χ2v) is 7.46. The van der Waals surface area contributed by atoms with Crippen LogP contribution in [0.2, 0.25) is 0 Å². The molecule has 0 saturated heterocycles. The zero-order chi connectivity index (χ0) is 14.3. The maximum absolute atomic E-state index is 13.3. The first-order valence-electron chi connectivity index (χ1n) is 6.30. The molecule has 0 bridgehead atoms. The van der Waals surface area contributed by atoms with Crippen LogP contribution >= 0.6 is 0 Å². The Labute approximate surface area is 112 Å². The van der Waals surface area contributed by atoms with Gasteiger partial charge in [0.1, 0.15) is 5.82 Å². The number of sulfone groups is 1. The van der Waals surface area contributed by atoms with Gasteiger partial charge in [-0.25, -0.2) is 12.8 Å². The fourth-order valence-electron chi connectivity index (χ4n) is 2.97. The predicted octanol–water partition coefficient (Wildman–Crippen LogP) is 0.630. The van der Waals surface area contributed by atoms with Crippen LogP contribution in [0.4, 0.5) is 4.39 Å². The lowest BCUT2D eigenvalue weighted by Crippen LogP contribution is -2.31. The lowest BCUT2D eigenvalue weighted by molar-refractivity contribution is 0.509. The summed E-state index contributed by atoms with van der Waals surface area (Å²) >= 11 is 0. The molecule has 0 heterocycles. The molecule has 1 aromatic rings. The monoisotopic (exact) mass is 286 g/mol. The van der Waals surface area contributed by atoms with Crippen LogP contribution in [0.3, 0.4) is 0 Å². The van der Waals surface area contributed by atoms with E-state index in [-0.39, 0.29) is 30.6 Å². The zero-order valence-corrected chi connectivity index (χ0v) is 11.7. The van der Waals surface area contributed by atoms with Crippen molar-refractivity contribution in [2.24, 2.45) is 16.9 Å². The van der Waals surface area contributed by atoms with E-state index in [1.165, 1.54) is 12.1 Å². The smallest absolute Gasteiger partial charge is 0.154 e. The first-order chi connectivity index (χ1) is 8.93. The number of nitrogens with two attached hydrogens (primary N) is 2. The number of rotatable bonds is 5. The van der Waals surface area contributed by atoms with Gasteiger partial charge in [-0.3, -0.25) is 0 Å². The molecule has 0 amide bonds. The van der Waals surface area contributed by atoms with Gasteiger partial charge in [0, 0.05) is 30.2 Å². The Bertz CT molecular complexity index is 570. The molecule has 0 spiro atoms. The van der Waals surface area contributed by atoms with E-state index in [0.29, 0.717) is 5.56 Å². The number of hydrogen-bond donors (Lipinski definition) is 2. The minimum Gasteiger partial charge on any atom is -0.330 e. The molecule has 106 valence electrons. The van der Waals surface area contributed by atoms with Crippen LogP contribution in [-0.2, 0) is 9.84 Å². The molecule has 1 aliphatic rings. The summed E-state index contributed by atoms with van der Waals surface area (Å²) in [5, 5.41) is -0.596. The quantitative estimate of drug-likeness (QED) is 0.831. The van der Waals surface area contributed by atoms with Crippen molar-refractivity contribution in [2.45, 2.75) is 18.1 Å². The summed E-state index contributed by atoms with van der Waals surface area (Å²) in [4.78, 5) is 0. The molecule has 1 saturated carbocycles. The Hall–Kier alpha value is -0.980. The first kappa shape index (κ1) is 14.4. The largest absolute Gasteiger partial charge is 0.330 e. The SMILES string of the molecule is CCS(=O)(=O)[C@H]1[C@@H](c2cccc(F)c2)C1(CN)CN. The highest BCUT2D eigenvalue weighted by molar-refractivity contribution is 7.92. The molecular weight excluding hydrogens is 267 g/mol. The van der Waals surface area contributed by atoms with E-state index in [1.807, 2.05) is 0 Å². The van der Waals surface area contributed by atoms with Gasteiger partial charge in [-0.05, 0) is 17.7 Å². The average molecular weight is 286 g/mol. The molecule has 2 rings (SSSR count). The minimum atomic E-state index is -3.25. The predicted molar refractivity (Wildman–Crippen MR) is 72.9 cm³/mol. The Morgan fingerprint density at radius 1 is 1.32 bits per heavy atom. The van der Waals surface area contributed by atoms with E-state index in [1.54, 1.807) is 19.1 Å². The highest BCUT2D eigenvalue weighted by Crippen LogP contribution is 2.61. The molecule has 0 radical (unpaired) electrons. The standard InChI is InChI=1S/C13H19FN2O2S/c1-2-19(17,18)12-11(13(12,7-15)8-16)9-4-3-5-10(14)6-9/h3-6,11-12H,2,7-8,15-16H2,1H3/t11-,12+/m1/s1. The Morgan fingerprint density at radius 2 is 1.95 bits per heavy atom. The average Bonchev–Trinajstić information content (AvgIpc) is 3.09. The van der Waals surface area contributed by atoms with Crippen molar-refractivity contribution < 1.29 is 12.8 Å². The number of hydrogen-bond acceptors (Lipinski definition) is 4. The van der Waals surface area contributed by atoms with Crippen molar-refractivity contribution in [3.63, 3.8) is 0 Å². The number of benzene rings is 1. The molecule has 0 unspecified atom stereocenters. The molecule has 6 heteroatoms. The van der Waals surface area contributed by atoms with Gasteiger partial charge in [0.25, 0.3) is 0 Å². The minimum absolute atomic E-state index is 0.0469. The van der Waals surface area contributed by atoms with E-state index < -0.39 is 20.5 Å². The lowest BCUT2D eigenvalue weighted by atomic mass is 9.99. The van der Waals surface area contributed by atoms with Gasteiger partial charge < -0.3 is 11.5 Å². The second kappa shape index (κ2) is 4.85. The summed E-state index contributed by atoms with van der Waals surface area (Å²) in [6.45, 7) is 1.98. The highest BCUT2D eigenvalue weighted by Gasteiger charge is 2.68. The summed E-state index contributed by atoms with van der Waals surface area (Å²) in [5.74, 6) is -0.631. The van der Waals surface area contributed by atoms with Crippen LogP contribution in [0, 0.1) is 11.2 Å². The zero-order valence-electron chi connectivity index (χ0n) is 10.8. The van der Waals surface area contributed by atoms with Gasteiger partial charge in [-0.1, -0.05) is 19.1 Å². The van der Waals surface area contributed by atoms with Crippen molar-refractivity contribution in [3.8, 4) is 0 Å². The molecule has 19 heavy (non-hydrogen) atoms. The van der Waals surface area contributed by atoms with Crippen LogP contribution in [0.25, 0.3) is 0 Å². The van der Waals surface area contributed by atoms with E-state index in [4.69, 9.17) is 11.5 Å². The van der Waals surface area contributed by atoms with Gasteiger partial charge in [-0.2, -0.15) is 0 Å². The Balaban J connectivity index is 2.45.